The normalized spacial score (nSPS) is 10.3. The summed E-state index contributed by atoms with van der Waals surface area (Å²) in [4.78, 5) is 12.2. The molecule has 1 amide bonds. The molecule has 0 saturated carbocycles. The van der Waals surface area contributed by atoms with E-state index in [0.717, 1.165) is 5.56 Å². The van der Waals surface area contributed by atoms with Gasteiger partial charge in [0.05, 0.1) is 22.9 Å². The van der Waals surface area contributed by atoms with Crippen LogP contribution in [-0.2, 0) is 11.3 Å². The summed E-state index contributed by atoms with van der Waals surface area (Å²) in [6, 6.07) is 12.4. The highest BCUT2D eigenvalue weighted by atomic mass is 35.5. The predicted octanol–water partition coefficient (Wildman–Crippen LogP) is 3.32. The van der Waals surface area contributed by atoms with Gasteiger partial charge in [-0.1, -0.05) is 29.8 Å². The Bertz CT molecular complexity index is 629. The molecule has 4 nitrogen and oxygen atoms in total. The fourth-order valence-corrected chi connectivity index (χ4v) is 2.04. The number of hydrogen-bond acceptors (Lipinski definition) is 3. The lowest BCUT2D eigenvalue weighted by Gasteiger charge is -2.09. The molecule has 20 heavy (non-hydrogen) atoms. The van der Waals surface area contributed by atoms with Crippen molar-refractivity contribution < 1.29 is 9.53 Å². The number of nitrogens with one attached hydrogen (secondary N) is 1. The van der Waals surface area contributed by atoms with E-state index in [1.807, 2.05) is 18.2 Å². The lowest BCUT2D eigenvalue weighted by atomic mass is 10.1. The summed E-state index contributed by atoms with van der Waals surface area (Å²) >= 11 is 6.03. The van der Waals surface area contributed by atoms with Crippen LogP contribution in [0.2, 0.25) is 5.02 Å². The van der Waals surface area contributed by atoms with Crippen molar-refractivity contribution in [1.29, 1.82) is 0 Å². The van der Waals surface area contributed by atoms with Crippen LogP contribution in [0.1, 0.15) is 15.9 Å². The molecule has 2 rings (SSSR count). The first-order valence-corrected chi connectivity index (χ1v) is 6.43. The number of methoxy groups -OCH3 is 1. The maximum atomic E-state index is 12.2. The zero-order valence-corrected chi connectivity index (χ0v) is 11.8. The molecule has 0 spiro atoms. The van der Waals surface area contributed by atoms with Crippen LogP contribution < -0.4 is 11.1 Å². The number of anilines is 2. The van der Waals surface area contributed by atoms with Crippen molar-refractivity contribution in [2.75, 3.05) is 18.2 Å². The van der Waals surface area contributed by atoms with Crippen molar-refractivity contribution in [2.45, 2.75) is 6.61 Å². The molecule has 0 radical (unpaired) electrons. The summed E-state index contributed by atoms with van der Waals surface area (Å²) in [7, 11) is 1.62. The van der Waals surface area contributed by atoms with Gasteiger partial charge >= 0.3 is 0 Å². The van der Waals surface area contributed by atoms with Crippen LogP contribution in [0.25, 0.3) is 0 Å². The van der Waals surface area contributed by atoms with Crippen molar-refractivity contribution >= 4 is 28.9 Å². The van der Waals surface area contributed by atoms with Crippen molar-refractivity contribution in [1.82, 2.24) is 0 Å². The van der Waals surface area contributed by atoms with E-state index in [9.17, 15) is 4.79 Å². The Morgan fingerprint density at radius 2 is 2.05 bits per heavy atom. The van der Waals surface area contributed by atoms with Gasteiger partial charge in [0.25, 0.3) is 5.91 Å². The van der Waals surface area contributed by atoms with Gasteiger partial charge < -0.3 is 15.8 Å². The maximum absolute atomic E-state index is 12.2. The summed E-state index contributed by atoms with van der Waals surface area (Å²) < 4.78 is 5.06. The highest BCUT2D eigenvalue weighted by Gasteiger charge is 2.12. The molecular formula is C15H15ClN2O2. The summed E-state index contributed by atoms with van der Waals surface area (Å²) in [5.41, 5.74) is 8.08. The molecule has 0 saturated heterocycles. The monoisotopic (exact) mass is 290 g/mol. The molecule has 3 N–H and O–H groups in total. The molecule has 0 fully saturated rings. The van der Waals surface area contributed by atoms with E-state index in [4.69, 9.17) is 22.1 Å². The highest BCUT2D eigenvalue weighted by molar-refractivity contribution is 6.36. The first kappa shape index (κ1) is 14.4. The SMILES string of the molecule is COCc1cccc(NC(=O)c2cccc(N)c2Cl)c1. The first-order chi connectivity index (χ1) is 9.61. The van der Waals surface area contributed by atoms with Crippen molar-refractivity contribution in [2.24, 2.45) is 0 Å². The number of amides is 1. The Labute approximate surface area is 122 Å². The summed E-state index contributed by atoms with van der Waals surface area (Å²) in [5, 5.41) is 3.05. The number of ether oxygens (including phenoxy) is 1. The smallest absolute Gasteiger partial charge is 0.257 e. The number of hydrogen-bond donors (Lipinski definition) is 2. The summed E-state index contributed by atoms with van der Waals surface area (Å²) in [6.07, 6.45) is 0. The van der Waals surface area contributed by atoms with Crippen LogP contribution in [0.5, 0.6) is 0 Å². The van der Waals surface area contributed by atoms with E-state index in [0.29, 0.717) is 23.5 Å². The number of nitrogens with two attached hydrogens (primary N) is 1. The summed E-state index contributed by atoms with van der Waals surface area (Å²) in [5.74, 6) is -0.295. The average Bonchev–Trinajstić information content (AvgIpc) is 2.42. The number of carbonyl (C=O) groups excluding carboxylic acids is 1. The lowest BCUT2D eigenvalue weighted by Crippen LogP contribution is -2.13. The Kier molecular flexibility index (Phi) is 4.61. The quantitative estimate of drug-likeness (QED) is 0.849. The molecule has 0 aromatic heterocycles. The molecular weight excluding hydrogens is 276 g/mol. The van der Waals surface area contributed by atoms with Gasteiger partial charge in [0.2, 0.25) is 0 Å². The molecule has 0 atom stereocenters. The van der Waals surface area contributed by atoms with Crippen molar-refractivity contribution in [3.63, 3.8) is 0 Å². The predicted molar refractivity (Wildman–Crippen MR) is 81.0 cm³/mol. The van der Waals surface area contributed by atoms with Gasteiger partial charge in [-0.2, -0.15) is 0 Å². The number of rotatable bonds is 4. The second-order valence-electron chi connectivity index (χ2n) is 4.30. The molecule has 0 aliphatic carbocycles. The molecule has 2 aromatic rings. The minimum absolute atomic E-state index is 0.262. The molecule has 0 aliphatic rings. The van der Waals surface area contributed by atoms with Gasteiger partial charge in [-0.25, -0.2) is 0 Å². The van der Waals surface area contributed by atoms with Crippen LogP contribution in [0.3, 0.4) is 0 Å². The van der Waals surface area contributed by atoms with Gasteiger partial charge in [-0.05, 0) is 29.8 Å². The van der Waals surface area contributed by atoms with Gasteiger partial charge in [-0.15, -0.1) is 0 Å². The van der Waals surface area contributed by atoms with E-state index in [2.05, 4.69) is 5.32 Å². The second-order valence-corrected chi connectivity index (χ2v) is 4.67. The minimum atomic E-state index is -0.295. The van der Waals surface area contributed by atoms with E-state index >= 15 is 0 Å². The average molecular weight is 291 g/mol. The van der Waals surface area contributed by atoms with Crippen LogP contribution in [0, 0.1) is 0 Å². The fourth-order valence-electron chi connectivity index (χ4n) is 1.83. The third kappa shape index (κ3) is 3.29. The van der Waals surface area contributed by atoms with E-state index in [1.165, 1.54) is 0 Å². The molecule has 2 aromatic carbocycles. The number of carbonyl (C=O) groups is 1. The van der Waals surface area contributed by atoms with E-state index in [1.54, 1.807) is 31.4 Å². The fraction of sp³-hybridized carbons (Fsp3) is 0.133. The van der Waals surface area contributed by atoms with E-state index in [-0.39, 0.29) is 10.9 Å². The van der Waals surface area contributed by atoms with Gasteiger partial charge in [0.15, 0.2) is 0 Å². The van der Waals surface area contributed by atoms with Gasteiger partial charge in [0, 0.05) is 12.8 Å². The Morgan fingerprint density at radius 3 is 2.80 bits per heavy atom. The third-order valence-electron chi connectivity index (χ3n) is 2.77. The van der Waals surface area contributed by atoms with Crippen molar-refractivity contribution in [3.8, 4) is 0 Å². The summed E-state index contributed by atoms with van der Waals surface area (Å²) in [6.45, 7) is 0.489. The third-order valence-corrected chi connectivity index (χ3v) is 3.19. The van der Waals surface area contributed by atoms with Crippen LogP contribution in [-0.4, -0.2) is 13.0 Å². The van der Waals surface area contributed by atoms with Crippen LogP contribution >= 0.6 is 11.6 Å². The molecule has 0 aliphatic heterocycles. The molecule has 0 heterocycles. The molecule has 0 bridgehead atoms. The molecule has 5 heteroatoms. The van der Waals surface area contributed by atoms with Crippen LogP contribution in [0.4, 0.5) is 11.4 Å². The number of benzene rings is 2. The maximum Gasteiger partial charge on any atom is 0.257 e. The minimum Gasteiger partial charge on any atom is -0.398 e. The first-order valence-electron chi connectivity index (χ1n) is 6.05. The topological polar surface area (TPSA) is 64.3 Å². The van der Waals surface area contributed by atoms with E-state index < -0.39 is 0 Å². The second kappa shape index (κ2) is 6.41. The Hall–Kier alpha value is -2.04. The van der Waals surface area contributed by atoms with Crippen LogP contribution in [0.15, 0.2) is 42.5 Å². The van der Waals surface area contributed by atoms with Crippen molar-refractivity contribution in [3.05, 3.63) is 58.6 Å². The Balaban J connectivity index is 2.19. The highest BCUT2D eigenvalue weighted by Crippen LogP contribution is 2.24. The Morgan fingerprint density at radius 1 is 1.30 bits per heavy atom. The number of halogens is 1. The zero-order chi connectivity index (χ0) is 14.5. The van der Waals surface area contributed by atoms with Gasteiger partial charge in [0.1, 0.15) is 0 Å². The zero-order valence-electron chi connectivity index (χ0n) is 11.0. The molecule has 104 valence electrons. The largest absolute Gasteiger partial charge is 0.398 e. The van der Waals surface area contributed by atoms with Gasteiger partial charge in [-0.3, -0.25) is 4.79 Å². The number of nitrogen functional groups attached to an aromatic ring is 1. The molecule has 0 unspecified atom stereocenters. The lowest BCUT2D eigenvalue weighted by molar-refractivity contribution is 0.102. The standard InChI is InChI=1S/C15H15ClN2O2/c1-20-9-10-4-2-5-11(8-10)18-15(19)12-6-3-7-13(17)14(12)16/h2-8H,9,17H2,1H3,(H,18,19).